The number of hydrogen-bond donors (Lipinski definition) is 0. The average molecular weight is 596 g/mol. The molecule has 0 unspecified atom stereocenters. The molecule has 0 fully saturated rings. The molecule has 0 bridgehead atoms. The van der Waals surface area contributed by atoms with E-state index in [-0.39, 0.29) is 11.6 Å². The molecule has 0 atom stereocenters. The fourth-order valence-corrected chi connectivity index (χ4v) is 8.07. The Balaban J connectivity index is 1.45. The van der Waals surface area contributed by atoms with Crippen LogP contribution in [0.2, 0.25) is 0 Å². The van der Waals surface area contributed by atoms with E-state index in [1.54, 1.807) is 30.3 Å². The lowest BCUT2D eigenvalue weighted by molar-refractivity contribution is 0.592. The Hall–Kier alpha value is -5.32. The molecule has 7 rings (SSSR count). The van der Waals surface area contributed by atoms with Crippen LogP contribution in [0, 0.1) is 11.6 Å². The topological polar surface area (TPSA) is 55.7 Å². The predicted molar refractivity (Wildman–Crippen MR) is 173 cm³/mol. The molecule has 0 spiro atoms. The lowest BCUT2D eigenvalue weighted by atomic mass is 10.0. The van der Waals surface area contributed by atoms with E-state index < -0.39 is 7.14 Å². The van der Waals surface area contributed by atoms with Crippen molar-refractivity contribution in [1.82, 2.24) is 15.0 Å². The molecule has 0 aliphatic carbocycles. The highest BCUT2D eigenvalue weighted by Crippen LogP contribution is 2.43. The molecule has 6 aromatic carbocycles. The summed E-state index contributed by atoms with van der Waals surface area (Å²) in [5, 5.41) is 3.16. The van der Waals surface area contributed by atoms with Crippen molar-refractivity contribution < 1.29 is 13.3 Å². The zero-order valence-corrected chi connectivity index (χ0v) is 24.2. The summed E-state index contributed by atoms with van der Waals surface area (Å²) in [6.45, 7) is 0. The summed E-state index contributed by atoms with van der Waals surface area (Å²) in [5.41, 5.74) is 1.86. The van der Waals surface area contributed by atoms with Crippen molar-refractivity contribution in [2.45, 2.75) is 0 Å². The van der Waals surface area contributed by atoms with E-state index in [9.17, 15) is 8.78 Å². The van der Waals surface area contributed by atoms with Crippen molar-refractivity contribution in [3.8, 4) is 34.2 Å². The first-order valence-electron chi connectivity index (χ1n) is 14.0. The molecule has 1 aromatic heterocycles. The van der Waals surface area contributed by atoms with Crippen molar-refractivity contribution >= 4 is 33.8 Å². The van der Waals surface area contributed by atoms with Gasteiger partial charge in [-0.3, -0.25) is 0 Å². The smallest absolute Gasteiger partial charge is 0.171 e. The maximum absolute atomic E-state index is 15.1. The molecule has 212 valence electrons. The Kier molecular flexibility index (Phi) is 7.13. The monoisotopic (exact) mass is 595 g/mol. The van der Waals surface area contributed by atoms with Gasteiger partial charge >= 0.3 is 0 Å². The molecule has 0 aliphatic rings. The standard InChI is InChI=1S/C37H24F2N3OP/c38-27-20-18-25(19-21-27)35-40-36(42-37(41-35)33-22-23-34(39)32-17-8-7-16-31(32)33)26-10-9-15-30(24-26)44(43,28-11-3-1-4-12-28)29-13-5-2-6-14-29/h1-24H. The second-order valence-electron chi connectivity index (χ2n) is 10.3. The van der Waals surface area contributed by atoms with Gasteiger partial charge in [-0.2, -0.15) is 0 Å². The van der Waals surface area contributed by atoms with E-state index in [1.165, 1.54) is 18.2 Å². The number of fused-ring (bicyclic) bond motifs is 1. The first kappa shape index (κ1) is 27.5. The molecule has 0 saturated carbocycles. The lowest BCUT2D eigenvalue weighted by Crippen LogP contribution is -2.25. The van der Waals surface area contributed by atoms with Crippen molar-refractivity contribution in [1.29, 1.82) is 0 Å². The summed E-state index contributed by atoms with van der Waals surface area (Å²) in [6.07, 6.45) is 0. The van der Waals surface area contributed by atoms with Crippen LogP contribution in [0.4, 0.5) is 8.78 Å². The Morgan fingerprint density at radius 1 is 0.455 bits per heavy atom. The van der Waals surface area contributed by atoms with Gasteiger partial charge in [0.2, 0.25) is 0 Å². The molecular weight excluding hydrogens is 571 g/mol. The summed E-state index contributed by atoms with van der Waals surface area (Å²) < 4.78 is 43.6. The van der Waals surface area contributed by atoms with Crippen molar-refractivity contribution in [2.24, 2.45) is 0 Å². The number of benzene rings is 6. The second-order valence-corrected chi connectivity index (χ2v) is 13.1. The van der Waals surface area contributed by atoms with Gasteiger partial charge in [0.1, 0.15) is 11.6 Å². The molecule has 4 nitrogen and oxygen atoms in total. The molecule has 0 N–H and O–H groups in total. The maximum Gasteiger partial charge on any atom is 0.171 e. The van der Waals surface area contributed by atoms with Crippen LogP contribution in [-0.2, 0) is 4.57 Å². The van der Waals surface area contributed by atoms with Gasteiger partial charge in [-0.1, -0.05) is 103 Å². The zero-order valence-electron chi connectivity index (χ0n) is 23.3. The largest absolute Gasteiger partial charge is 0.309 e. The van der Waals surface area contributed by atoms with Gasteiger partial charge < -0.3 is 4.57 Å². The van der Waals surface area contributed by atoms with E-state index in [2.05, 4.69) is 0 Å². The third kappa shape index (κ3) is 5.00. The zero-order chi connectivity index (χ0) is 30.1. The molecule has 0 aliphatic heterocycles. The van der Waals surface area contributed by atoms with Gasteiger partial charge in [0.15, 0.2) is 24.6 Å². The van der Waals surface area contributed by atoms with Gasteiger partial charge in [0, 0.05) is 38.0 Å². The Morgan fingerprint density at radius 3 is 1.66 bits per heavy atom. The normalized spacial score (nSPS) is 11.5. The number of aromatic nitrogens is 3. The van der Waals surface area contributed by atoms with Crippen molar-refractivity contribution in [3.63, 3.8) is 0 Å². The quantitative estimate of drug-likeness (QED) is 0.183. The summed E-state index contributed by atoms with van der Waals surface area (Å²) in [4.78, 5) is 14.4. The van der Waals surface area contributed by atoms with Crippen molar-refractivity contribution in [3.05, 3.63) is 157 Å². The number of halogens is 2. The first-order chi connectivity index (χ1) is 21.5. The number of nitrogens with zero attached hydrogens (tertiary/aromatic N) is 3. The highest BCUT2D eigenvalue weighted by molar-refractivity contribution is 7.85. The SMILES string of the molecule is O=P(c1ccccc1)(c1ccccc1)c1cccc(-c2nc(-c3ccc(F)cc3)nc(-c3ccc(F)c4ccccc34)n2)c1. The van der Waals surface area contributed by atoms with E-state index in [4.69, 9.17) is 15.0 Å². The van der Waals surface area contributed by atoms with Crippen LogP contribution in [0.3, 0.4) is 0 Å². The molecule has 7 heteroatoms. The molecule has 44 heavy (non-hydrogen) atoms. The van der Waals surface area contributed by atoms with Crippen LogP contribution in [0.5, 0.6) is 0 Å². The van der Waals surface area contributed by atoms with E-state index in [1.807, 2.05) is 97.1 Å². The Labute approximate surface area is 253 Å². The highest BCUT2D eigenvalue weighted by atomic mass is 31.2. The molecule has 0 radical (unpaired) electrons. The molecule has 1 heterocycles. The van der Waals surface area contributed by atoms with Gasteiger partial charge in [0.05, 0.1) is 0 Å². The summed E-state index contributed by atoms with van der Waals surface area (Å²) >= 11 is 0. The van der Waals surface area contributed by atoms with E-state index >= 15 is 4.57 Å². The van der Waals surface area contributed by atoms with E-state index in [0.29, 0.717) is 60.8 Å². The number of hydrogen-bond acceptors (Lipinski definition) is 4. The fraction of sp³-hybridized carbons (Fsp3) is 0. The molecule has 7 aromatic rings. The van der Waals surface area contributed by atoms with Crippen LogP contribution in [-0.4, -0.2) is 15.0 Å². The summed E-state index contributed by atoms with van der Waals surface area (Å²) in [7, 11) is -3.26. The van der Waals surface area contributed by atoms with Gasteiger partial charge in [-0.05, 0) is 47.9 Å². The minimum absolute atomic E-state index is 0.332. The minimum atomic E-state index is -3.26. The van der Waals surface area contributed by atoms with Gasteiger partial charge in [0.25, 0.3) is 0 Å². The third-order valence-electron chi connectivity index (χ3n) is 7.56. The van der Waals surface area contributed by atoms with Gasteiger partial charge in [-0.15, -0.1) is 0 Å². The molecular formula is C37H24F2N3OP. The van der Waals surface area contributed by atoms with Gasteiger partial charge in [-0.25, -0.2) is 23.7 Å². The lowest BCUT2D eigenvalue weighted by Gasteiger charge is -2.20. The average Bonchev–Trinajstić information content (AvgIpc) is 3.09. The van der Waals surface area contributed by atoms with Crippen LogP contribution in [0.1, 0.15) is 0 Å². The van der Waals surface area contributed by atoms with Crippen LogP contribution >= 0.6 is 7.14 Å². The van der Waals surface area contributed by atoms with Crippen LogP contribution in [0.25, 0.3) is 44.9 Å². The summed E-state index contributed by atoms with van der Waals surface area (Å²) in [5.74, 6) is 0.293. The maximum atomic E-state index is 15.1. The van der Waals surface area contributed by atoms with Crippen LogP contribution in [0.15, 0.2) is 146 Å². The highest BCUT2D eigenvalue weighted by Gasteiger charge is 2.30. The first-order valence-corrected chi connectivity index (χ1v) is 15.7. The van der Waals surface area contributed by atoms with Crippen LogP contribution < -0.4 is 15.9 Å². The third-order valence-corrected chi connectivity index (χ3v) is 10.6. The summed E-state index contributed by atoms with van der Waals surface area (Å²) in [6, 6.07) is 42.4. The molecule has 0 amide bonds. The minimum Gasteiger partial charge on any atom is -0.309 e. The number of rotatable bonds is 6. The Bertz CT molecular complexity index is 2130. The predicted octanol–water partition coefficient (Wildman–Crippen LogP) is 7.94. The fourth-order valence-electron chi connectivity index (χ4n) is 5.37. The Morgan fingerprint density at radius 2 is 1.00 bits per heavy atom. The van der Waals surface area contributed by atoms with Crippen molar-refractivity contribution in [2.75, 3.05) is 0 Å². The van der Waals surface area contributed by atoms with E-state index in [0.717, 1.165) is 0 Å². The molecule has 0 saturated heterocycles. The second kappa shape index (κ2) is 11.4.